The van der Waals surface area contributed by atoms with Gasteiger partial charge in [-0.3, -0.25) is 4.79 Å². The van der Waals surface area contributed by atoms with Gasteiger partial charge in [-0.05, 0) is 18.2 Å². The van der Waals surface area contributed by atoms with Gasteiger partial charge in [0.25, 0.3) is 5.56 Å². The normalized spacial score (nSPS) is 12.1. The Balaban J connectivity index is 1.74. The summed E-state index contributed by atoms with van der Waals surface area (Å²) in [6.07, 6.45) is 5.19. The van der Waals surface area contributed by atoms with Gasteiger partial charge < -0.3 is 0 Å². The zero-order valence-corrected chi connectivity index (χ0v) is 14.9. The van der Waals surface area contributed by atoms with Gasteiger partial charge in [0.2, 0.25) is 4.96 Å². The van der Waals surface area contributed by atoms with Crippen molar-refractivity contribution >= 4 is 22.4 Å². The standard InChI is InChI=1S/C20H13N5OS/c26-19-17(27-20-21-13-22-25(19)20)11-15-12-24(16-9-5-2-6-10-16)23-18(15)14-7-3-1-4-8-14/h1-13H. The third-order valence-electron chi connectivity index (χ3n) is 4.22. The number of hydrogen-bond acceptors (Lipinski definition) is 5. The Morgan fingerprint density at radius 2 is 1.70 bits per heavy atom. The van der Waals surface area contributed by atoms with Gasteiger partial charge in [-0.15, -0.1) is 0 Å². The lowest BCUT2D eigenvalue weighted by Gasteiger charge is -2.00. The third-order valence-corrected chi connectivity index (χ3v) is 5.19. The first-order valence-electron chi connectivity index (χ1n) is 8.34. The number of rotatable bonds is 3. The molecule has 3 aromatic heterocycles. The molecule has 0 bridgehead atoms. The van der Waals surface area contributed by atoms with E-state index in [0.29, 0.717) is 9.49 Å². The summed E-state index contributed by atoms with van der Waals surface area (Å²) in [6.45, 7) is 0. The number of nitrogens with zero attached hydrogens (tertiary/aromatic N) is 5. The molecule has 0 saturated heterocycles. The Hall–Kier alpha value is -3.58. The van der Waals surface area contributed by atoms with Crippen molar-refractivity contribution in [2.75, 3.05) is 0 Å². The first-order valence-corrected chi connectivity index (χ1v) is 9.16. The molecule has 0 aliphatic rings. The van der Waals surface area contributed by atoms with Crippen LogP contribution in [0.4, 0.5) is 0 Å². The maximum absolute atomic E-state index is 12.5. The lowest BCUT2D eigenvalue weighted by Crippen LogP contribution is -2.23. The monoisotopic (exact) mass is 371 g/mol. The van der Waals surface area contributed by atoms with E-state index < -0.39 is 0 Å². The van der Waals surface area contributed by atoms with E-state index in [0.717, 1.165) is 22.5 Å². The fourth-order valence-electron chi connectivity index (χ4n) is 2.94. The predicted octanol–water partition coefficient (Wildman–Crippen LogP) is 2.55. The molecule has 0 amide bonds. The fraction of sp³-hybridized carbons (Fsp3) is 0. The minimum absolute atomic E-state index is 0.168. The Morgan fingerprint density at radius 3 is 2.44 bits per heavy atom. The molecule has 7 heteroatoms. The molecule has 5 rings (SSSR count). The van der Waals surface area contributed by atoms with Crippen molar-refractivity contribution in [2.45, 2.75) is 0 Å². The van der Waals surface area contributed by atoms with Gasteiger partial charge in [0.1, 0.15) is 6.33 Å². The summed E-state index contributed by atoms with van der Waals surface area (Å²) in [5, 5.41) is 8.74. The van der Waals surface area contributed by atoms with E-state index in [-0.39, 0.29) is 5.56 Å². The van der Waals surface area contributed by atoms with Crippen LogP contribution in [0.15, 0.2) is 78.0 Å². The average Bonchev–Trinajstić information content (AvgIpc) is 3.41. The first-order chi connectivity index (χ1) is 13.3. The summed E-state index contributed by atoms with van der Waals surface area (Å²) in [4.78, 5) is 17.2. The Kier molecular flexibility index (Phi) is 3.65. The molecule has 0 spiro atoms. The molecule has 0 aliphatic carbocycles. The molecule has 0 unspecified atom stereocenters. The zero-order valence-electron chi connectivity index (χ0n) is 14.1. The number of thiazole rings is 1. The van der Waals surface area contributed by atoms with E-state index in [2.05, 4.69) is 10.1 Å². The van der Waals surface area contributed by atoms with Crippen LogP contribution in [0.1, 0.15) is 5.56 Å². The van der Waals surface area contributed by atoms with Gasteiger partial charge in [-0.1, -0.05) is 59.9 Å². The predicted molar refractivity (Wildman–Crippen MR) is 105 cm³/mol. The topological polar surface area (TPSA) is 65.1 Å². The van der Waals surface area contributed by atoms with Crippen molar-refractivity contribution in [3.63, 3.8) is 0 Å². The lowest BCUT2D eigenvalue weighted by atomic mass is 10.1. The van der Waals surface area contributed by atoms with Gasteiger partial charge in [0, 0.05) is 17.3 Å². The van der Waals surface area contributed by atoms with Crippen LogP contribution in [0, 0.1) is 0 Å². The maximum Gasteiger partial charge on any atom is 0.291 e. The summed E-state index contributed by atoms with van der Waals surface area (Å²) in [6, 6.07) is 19.8. The molecule has 0 fully saturated rings. The molecule has 0 aliphatic heterocycles. The minimum Gasteiger partial charge on any atom is -0.266 e. The van der Waals surface area contributed by atoms with E-state index in [1.54, 1.807) is 0 Å². The van der Waals surface area contributed by atoms with Gasteiger partial charge in [-0.25, -0.2) is 9.67 Å². The summed E-state index contributed by atoms with van der Waals surface area (Å²) in [7, 11) is 0. The first kappa shape index (κ1) is 15.7. The van der Waals surface area contributed by atoms with Crippen molar-refractivity contribution in [2.24, 2.45) is 0 Å². The summed E-state index contributed by atoms with van der Waals surface area (Å²) < 4.78 is 3.73. The maximum atomic E-state index is 12.5. The van der Waals surface area contributed by atoms with Crippen LogP contribution in [0.25, 0.3) is 28.0 Å². The van der Waals surface area contributed by atoms with Crippen LogP contribution < -0.4 is 10.1 Å². The van der Waals surface area contributed by atoms with Gasteiger partial charge in [0.05, 0.1) is 15.9 Å². The number of fused-ring (bicyclic) bond motifs is 1. The van der Waals surface area contributed by atoms with Crippen LogP contribution in [-0.2, 0) is 0 Å². The molecule has 5 aromatic rings. The average molecular weight is 371 g/mol. The SMILES string of the molecule is O=c1c(=Cc2cn(-c3ccccc3)nc2-c2ccccc2)sc2ncnn12. The molecule has 130 valence electrons. The highest BCUT2D eigenvalue weighted by Crippen LogP contribution is 2.24. The number of hydrogen-bond donors (Lipinski definition) is 0. The van der Waals surface area contributed by atoms with Gasteiger partial charge >= 0.3 is 0 Å². The van der Waals surface area contributed by atoms with Gasteiger partial charge in [0.15, 0.2) is 0 Å². The molecule has 2 aromatic carbocycles. The highest BCUT2D eigenvalue weighted by atomic mass is 32.1. The summed E-state index contributed by atoms with van der Waals surface area (Å²) >= 11 is 1.32. The lowest BCUT2D eigenvalue weighted by molar-refractivity contribution is 0.884. The third kappa shape index (κ3) is 2.74. The minimum atomic E-state index is -0.168. The molecule has 0 saturated carbocycles. The highest BCUT2D eigenvalue weighted by Gasteiger charge is 2.12. The number of aromatic nitrogens is 5. The van der Waals surface area contributed by atoms with Crippen LogP contribution in [0.2, 0.25) is 0 Å². The second kappa shape index (κ2) is 6.30. The quantitative estimate of drug-likeness (QED) is 0.489. The summed E-state index contributed by atoms with van der Waals surface area (Å²) in [5.74, 6) is 0. The van der Waals surface area contributed by atoms with E-state index in [1.807, 2.05) is 77.6 Å². The summed E-state index contributed by atoms with van der Waals surface area (Å²) in [5.41, 5.74) is 3.47. The van der Waals surface area contributed by atoms with E-state index in [4.69, 9.17) is 5.10 Å². The molecule has 0 atom stereocenters. The van der Waals surface area contributed by atoms with Gasteiger partial charge in [-0.2, -0.15) is 14.7 Å². The van der Waals surface area contributed by atoms with Crippen molar-refractivity contribution in [1.82, 2.24) is 24.4 Å². The molecule has 3 heterocycles. The Morgan fingerprint density at radius 1 is 0.963 bits per heavy atom. The molecule has 6 nitrogen and oxygen atoms in total. The van der Waals surface area contributed by atoms with Crippen LogP contribution >= 0.6 is 11.3 Å². The Bertz CT molecular complexity index is 1340. The highest BCUT2D eigenvalue weighted by molar-refractivity contribution is 7.15. The molecule has 0 N–H and O–H groups in total. The fourth-order valence-corrected chi connectivity index (χ4v) is 3.82. The Labute approximate surface area is 157 Å². The smallest absolute Gasteiger partial charge is 0.266 e. The molecule has 27 heavy (non-hydrogen) atoms. The van der Waals surface area contributed by atoms with Crippen LogP contribution in [0.5, 0.6) is 0 Å². The van der Waals surface area contributed by atoms with Crippen molar-refractivity contribution < 1.29 is 0 Å². The number of para-hydroxylation sites is 1. The van der Waals surface area contributed by atoms with Crippen molar-refractivity contribution in [3.8, 4) is 16.9 Å². The molecular formula is C20H13N5OS. The molecule has 0 radical (unpaired) electrons. The second-order valence-electron chi connectivity index (χ2n) is 5.95. The largest absolute Gasteiger partial charge is 0.291 e. The van der Waals surface area contributed by atoms with Crippen LogP contribution in [0.3, 0.4) is 0 Å². The van der Waals surface area contributed by atoms with E-state index >= 15 is 0 Å². The number of benzene rings is 2. The van der Waals surface area contributed by atoms with Crippen molar-refractivity contribution in [1.29, 1.82) is 0 Å². The zero-order chi connectivity index (χ0) is 18.2. The van der Waals surface area contributed by atoms with E-state index in [9.17, 15) is 4.79 Å². The van der Waals surface area contributed by atoms with Crippen LogP contribution in [-0.4, -0.2) is 24.4 Å². The molecular weight excluding hydrogens is 358 g/mol. The van der Waals surface area contributed by atoms with Crippen molar-refractivity contribution in [3.05, 3.63) is 93.6 Å². The second-order valence-corrected chi connectivity index (χ2v) is 6.96. The van der Waals surface area contributed by atoms with E-state index in [1.165, 1.54) is 22.2 Å².